The van der Waals surface area contributed by atoms with Gasteiger partial charge in [-0.15, -0.1) is 0 Å². The minimum atomic E-state index is -3.19. The molecule has 11 heteroatoms. The fraction of sp³-hybridized carbons (Fsp3) is 0.579. The first kappa shape index (κ1) is 22.5. The Balaban J connectivity index is 1.72. The van der Waals surface area contributed by atoms with E-state index in [0.29, 0.717) is 6.42 Å². The number of halogens is 1. The molecule has 1 saturated carbocycles. The third-order valence-electron chi connectivity index (χ3n) is 5.57. The Morgan fingerprint density at radius 1 is 1.17 bits per heavy atom. The number of ether oxygens (including phenoxy) is 1. The average Bonchev–Trinajstić information content (AvgIpc) is 3.06. The molecule has 2 fully saturated rings. The van der Waals surface area contributed by atoms with Crippen molar-refractivity contribution in [3.63, 3.8) is 0 Å². The highest BCUT2D eigenvalue weighted by Gasteiger charge is 2.38. The number of non-ortho nitro benzene ring substituents is 1. The van der Waals surface area contributed by atoms with E-state index in [1.807, 2.05) is 0 Å². The average molecular weight is 459 g/mol. The van der Waals surface area contributed by atoms with Gasteiger partial charge < -0.3 is 9.64 Å². The Morgan fingerprint density at radius 2 is 1.87 bits per heavy atom. The van der Waals surface area contributed by atoms with E-state index in [9.17, 15) is 28.1 Å². The molecule has 0 N–H and O–H groups in total. The number of nitro benzene ring substituents is 1. The van der Waals surface area contributed by atoms with Crippen LogP contribution in [0.25, 0.3) is 0 Å². The SMILES string of the molecule is O=C(OCC(=O)N(C1CCCCC1)C1CCS(=O)(=O)C1)c1cc([N+](=O)[O-])ccc1Cl. The number of amides is 1. The van der Waals surface area contributed by atoms with Crippen molar-refractivity contribution >= 4 is 39.0 Å². The van der Waals surface area contributed by atoms with Gasteiger partial charge in [-0.3, -0.25) is 14.9 Å². The maximum atomic E-state index is 12.9. The van der Waals surface area contributed by atoms with Crippen LogP contribution in [0.4, 0.5) is 5.69 Å². The molecule has 2 aliphatic rings. The monoisotopic (exact) mass is 458 g/mol. The Morgan fingerprint density at radius 3 is 2.47 bits per heavy atom. The Hall–Kier alpha value is -2.20. The van der Waals surface area contributed by atoms with Gasteiger partial charge >= 0.3 is 5.97 Å². The van der Waals surface area contributed by atoms with E-state index in [-0.39, 0.29) is 33.8 Å². The second-order valence-corrected chi connectivity index (χ2v) is 10.3. The Kier molecular flexibility index (Phi) is 6.97. The first-order chi connectivity index (χ1) is 14.2. The summed E-state index contributed by atoms with van der Waals surface area (Å²) in [5.74, 6) is -1.45. The van der Waals surface area contributed by atoms with Crippen molar-refractivity contribution in [1.29, 1.82) is 0 Å². The lowest BCUT2D eigenvalue weighted by atomic mass is 9.93. The zero-order chi connectivity index (χ0) is 21.9. The number of hydrogen-bond donors (Lipinski definition) is 0. The molecule has 1 unspecified atom stereocenters. The van der Waals surface area contributed by atoms with Crippen LogP contribution < -0.4 is 0 Å². The summed E-state index contributed by atoms with van der Waals surface area (Å²) in [4.78, 5) is 37.2. The van der Waals surface area contributed by atoms with Crippen molar-refractivity contribution in [2.45, 2.75) is 50.6 Å². The van der Waals surface area contributed by atoms with E-state index >= 15 is 0 Å². The molecule has 1 atom stereocenters. The van der Waals surface area contributed by atoms with Crippen LogP contribution in [0.2, 0.25) is 5.02 Å². The summed E-state index contributed by atoms with van der Waals surface area (Å²) in [5.41, 5.74) is -0.524. The van der Waals surface area contributed by atoms with Crippen molar-refractivity contribution in [3.05, 3.63) is 38.9 Å². The number of esters is 1. The van der Waals surface area contributed by atoms with Crippen LogP contribution in [0.3, 0.4) is 0 Å². The van der Waals surface area contributed by atoms with Crippen LogP contribution in [-0.2, 0) is 19.4 Å². The predicted octanol–water partition coefficient (Wildman–Crippen LogP) is 2.75. The number of nitro groups is 1. The van der Waals surface area contributed by atoms with E-state index in [1.165, 1.54) is 6.07 Å². The zero-order valence-electron chi connectivity index (χ0n) is 16.3. The van der Waals surface area contributed by atoms with Gasteiger partial charge in [-0.2, -0.15) is 0 Å². The standard InChI is InChI=1S/C19H23ClN2O7S/c20-17-7-6-14(22(25)26)10-16(17)19(24)29-11-18(23)21(13-4-2-1-3-5-13)15-8-9-30(27,28)12-15/h6-7,10,13,15H,1-5,8-9,11-12H2. The van der Waals surface area contributed by atoms with Gasteiger partial charge in [-0.25, -0.2) is 13.2 Å². The van der Waals surface area contributed by atoms with Crippen LogP contribution >= 0.6 is 11.6 Å². The van der Waals surface area contributed by atoms with Gasteiger partial charge in [0, 0.05) is 24.2 Å². The first-order valence-electron chi connectivity index (χ1n) is 9.80. The summed E-state index contributed by atoms with van der Waals surface area (Å²) in [6.45, 7) is -0.578. The van der Waals surface area contributed by atoms with Gasteiger partial charge in [-0.1, -0.05) is 30.9 Å². The van der Waals surface area contributed by atoms with Crippen LogP contribution in [0.1, 0.15) is 48.9 Å². The van der Waals surface area contributed by atoms with E-state index in [4.69, 9.17) is 16.3 Å². The van der Waals surface area contributed by atoms with Crippen molar-refractivity contribution in [3.8, 4) is 0 Å². The molecule has 1 aromatic carbocycles. The van der Waals surface area contributed by atoms with Gasteiger partial charge in [0.05, 0.1) is 27.0 Å². The maximum Gasteiger partial charge on any atom is 0.340 e. The second-order valence-electron chi connectivity index (χ2n) is 7.65. The lowest BCUT2D eigenvalue weighted by Crippen LogP contribution is -2.50. The second kappa shape index (κ2) is 9.30. The molecule has 164 valence electrons. The summed E-state index contributed by atoms with van der Waals surface area (Å²) in [6, 6.07) is 2.87. The molecule has 9 nitrogen and oxygen atoms in total. The Bertz CT molecular complexity index is 944. The topological polar surface area (TPSA) is 124 Å². The first-order valence-corrected chi connectivity index (χ1v) is 12.0. The van der Waals surface area contributed by atoms with Gasteiger partial charge in [0.1, 0.15) is 0 Å². The number of sulfone groups is 1. The van der Waals surface area contributed by atoms with Crippen LogP contribution in [0.15, 0.2) is 18.2 Å². The van der Waals surface area contributed by atoms with Gasteiger partial charge in [0.2, 0.25) is 0 Å². The minimum absolute atomic E-state index is 0.0240. The Labute approximate surface area is 179 Å². The minimum Gasteiger partial charge on any atom is -0.452 e. The van der Waals surface area contributed by atoms with Crippen LogP contribution in [-0.4, -0.2) is 60.3 Å². The summed E-state index contributed by atoms with van der Waals surface area (Å²) < 4.78 is 29.0. The van der Waals surface area contributed by atoms with E-state index in [0.717, 1.165) is 44.2 Å². The molecule has 0 radical (unpaired) electrons. The van der Waals surface area contributed by atoms with Gasteiger partial charge in [0.15, 0.2) is 16.4 Å². The molecular formula is C19H23ClN2O7S. The highest BCUT2D eigenvalue weighted by atomic mass is 35.5. The number of hydrogen-bond acceptors (Lipinski definition) is 7. The largest absolute Gasteiger partial charge is 0.452 e. The van der Waals surface area contributed by atoms with Crippen LogP contribution in [0.5, 0.6) is 0 Å². The number of carbonyl (C=O) groups excluding carboxylic acids is 2. The van der Waals surface area contributed by atoms with Crippen molar-refractivity contribution in [1.82, 2.24) is 4.90 Å². The van der Waals surface area contributed by atoms with E-state index < -0.39 is 39.3 Å². The summed E-state index contributed by atoms with van der Waals surface area (Å²) in [6.07, 6.45) is 4.92. The quantitative estimate of drug-likeness (QED) is 0.364. The molecule has 0 bridgehead atoms. The number of nitrogens with zero attached hydrogens (tertiary/aromatic N) is 2. The molecule has 1 aliphatic carbocycles. The molecule has 1 saturated heterocycles. The lowest BCUT2D eigenvalue weighted by molar-refractivity contribution is -0.384. The van der Waals surface area contributed by atoms with E-state index in [1.54, 1.807) is 4.90 Å². The number of benzene rings is 1. The molecule has 1 heterocycles. The highest BCUT2D eigenvalue weighted by Crippen LogP contribution is 2.29. The molecular weight excluding hydrogens is 436 g/mol. The number of carbonyl (C=O) groups is 2. The molecule has 1 aromatic rings. The van der Waals surface area contributed by atoms with Crippen molar-refractivity contribution < 1.29 is 27.7 Å². The molecule has 0 spiro atoms. The summed E-state index contributed by atoms with van der Waals surface area (Å²) >= 11 is 5.94. The lowest BCUT2D eigenvalue weighted by Gasteiger charge is -2.38. The third-order valence-corrected chi connectivity index (χ3v) is 7.65. The smallest absolute Gasteiger partial charge is 0.340 e. The van der Waals surface area contributed by atoms with E-state index in [2.05, 4.69) is 0 Å². The molecule has 1 amide bonds. The molecule has 30 heavy (non-hydrogen) atoms. The highest BCUT2D eigenvalue weighted by molar-refractivity contribution is 7.91. The van der Waals surface area contributed by atoms with Gasteiger partial charge in [-0.05, 0) is 25.3 Å². The summed E-state index contributed by atoms with van der Waals surface area (Å²) in [7, 11) is -3.19. The fourth-order valence-electron chi connectivity index (χ4n) is 4.12. The molecule has 0 aromatic heterocycles. The third kappa shape index (κ3) is 5.28. The van der Waals surface area contributed by atoms with Gasteiger partial charge in [0.25, 0.3) is 11.6 Å². The normalized spacial score (nSPS) is 21.2. The maximum absolute atomic E-state index is 12.9. The van der Waals surface area contributed by atoms with Crippen molar-refractivity contribution in [2.24, 2.45) is 0 Å². The predicted molar refractivity (Wildman–Crippen MR) is 109 cm³/mol. The molecule has 3 rings (SSSR count). The zero-order valence-corrected chi connectivity index (χ0v) is 17.9. The number of rotatable bonds is 6. The van der Waals surface area contributed by atoms with Crippen LogP contribution in [0, 0.1) is 10.1 Å². The summed E-state index contributed by atoms with van der Waals surface area (Å²) in [5, 5.41) is 10.9. The fourth-order valence-corrected chi connectivity index (χ4v) is 6.03. The van der Waals surface area contributed by atoms with Crippen molar-refractivity contribution in [2.75, 3.05) is 18.1 Å². The molecule has 1 aliphatic heterocycles.